The summed E-state index contributed by atoms with van der Waals surface area (Å²) < 4.78 is 11.3. The summed E-state index contributed by atoms with van der Waals surface area (Å²) in [6.45, 7) is 8.73. The Balaban J connectivity index is 2.37. The van der Waals surface area contributed by atoms with Crippen LogP contribution in [0.1, 0.15) is 34.1 Å². The molecule has 0 spiro atoms. The van der Waals surface area contributed by atoms with E-state index in [-0.39, 0.29) is 5.91 Å². The first-order valence-corrected chi connectivity index (χ1v) is 8.15. The highest BCUT2D eigenvalue weighted by atomic mass is 16.5. The maximum Gasteiger partial charge on any atom is 0.256 e. The number of ether oxygens (including phenoxy) is 2. The number of carbonyl (C=O) groups excluding carboxylic acids is 1. The largest absolute Gasteiger partial charge is 0.493 e. The molecule has 2 aromatic carbocycles. The molecule has 0 fully saturated rings. The van der Waals surface area contributed by atoms with Crippen molar-refractivity contribution >= 4 is 22.4 Å². The first kappa shape index (κ1) is 17.3. The van der Waals surface area contributed by atoms with Crippen molar-refractivity contribution in [2.75, 3.05) is 18.5 Å². The Kier molecular flexibility index (Phi) is 5.61. The maximum absolute atomic E-state index is 12.6. The molecule has 124 valence electrons. The fraction of sp³-hybridized carbons (Fsp3) is 0.421. The van der Waals surface area contributed by atoms with E-state index in [0.29, 0.717) is 19.6 Å². The van der Waals surface area contributed by atoms with Crippen LogP contribution in [0.5, 0.6) is 5.75 Å². The second kappa shape index (κ2) is 7.47. The molecule has 0 aliphatic carbocycles. The minimum Gasteiger partial charge on any atom is -0.493 e. The number of benzene rings is 2. The summed E-state index contributed by atoms with van der Waals surface area (Å²) in [4.78, 5) is 12.6. The summed E-state index contributed by atoms with van der Waals surface area (Å²) in [5.41, 5.74) is -0.0533. The van der Waals surface area contributed by atoms with Crippen molar-refractivity contribution in [3.8, 4) is 5.75 Å². The quantitative estimate of drug-likeness (QED) is 0.824. The molecule has 23 heavy (non-hydrogen) atoms. The Labute approximate surface area is 137 Å². The number of hydrogen-bond acceptors (Lipinski definition) is 3. The van der Waals surface area contributed by atoms with Crippen LogP contribution >= 0.6 is 0 Å². The zero-order valence-electron chi connectivity index (χ0n) is 14.3. The van der Waals surface area contributed by atoms with Crippen LogP contribution in [0.2, 0.25) is 0 Å². The number of anilines is 1. The van der Waals surface area contributed by atoms with Gasteiger partial charge in [-0.1, -0.05) is 31.2 Å². The zero-order valence-corrected chi connectivity index (χ0v) is 14.3. The van der Waals surface area contributed by atoms with Crippen LogP contribution in [0.25, 0.3) is 10.8 Å². The van der Waals surface area contributed by atoms with Crippen molar-refractivity contribution in [1.29, 1.82) is 0 Å². The van der Waals surface area contributed by atoms with E-state index >= 15 is 0 Å². The van der Waals surface area contributed by atoms with Gasteiger partial charge in [0.15, 0.2) is 0 Å². The predicted octanol–water partition coefficient (Wildman–Crippen LogP) is 4.38. The van der Waals surface area contributed by atoms with Gasteiger partial charge in [0, 0.05) is 23.1 Å². The lowest BCUT2D eigenvalue weighted by Gasteiger charge is -2.27. The summed E-state index contributed by atoms with van der Waals surface area (Å²) in [6, 6.07) is 11.7. The van der Waals surface area contributed by atoms with Crippen LogP contribution in [-0.2, 0) is 9.53 Å². The monoisotopic (exact) mass is 315 g/mol. The molecule has 0 heterocycles. The normalized spacial score (nSPS) is 13.6. The zero-order chi connectivity index (χ0) is 16.9. The molecule has 2 rings (SSSR count). The third-order valence-corrected chi connectivity index (χ3v) is 4.05. The number of nitrogens with one attached hydrogen (secondary N) is 1. The molecule has 0 radical (unpaired) electrons. The second-order valence-corrected chi connectivity index (χ2v) is 5.56. The van der Waals surface area contributed by atoms with E-state index in [0.717, 1.165) is 22.2 Å². The van der Waals surface area contributed by atoms with Crippen LogP contribution in [0.4, 0.5) is 5.69 Å². The molecular formula is C19H25NO3. The van der Waals surface area contributed by atoms with Gasteiger partial charge in [-0.25, -0.2) is 0 Å². The smallest absolute Gasteiger partial charge is 0.256 e. The van der Waals surface area contributed by atoms with Gasteiger partial charge in [0.2, 0.25) is 0 Å². The summed E-state index contributed by atoms with van der Waals surface area (Å²) >= 11 is 0. The van der Waals surface area contributed by atoms with Gasteiger partial charge in [-0.15, -0.1) is 0 Å². The van der Waals surface area contributed by atoms with Gasteiger partial charge in [-0.05, 0) is 39.3 Å². The van der Waals surface area contributed by atoms with Gasteiger partial charge in [0.1, 0.15) is 11.4 Å². The number of fused-ring (bicyclic) bond motifs is 1. The van der Waals surface area contributed by atoms with E-state index in [9.17, 15) is 4.79 Å². The number of hydrogen-bond donors (Lipinski definition) is 1. The molecule has 0 aliphatic heterocycles. The first-order chi connectivity index (χ1) is 11.1. The fourth-order valence-electron chi connectivity index (χ4n) is 2.56. The number of rotatable bonds is 7. The Morgan fingerprint density at radius 1 is 1.04 bits per heavy atom. The standard InChI is InChI=1S/C19H25NO3/c1-5-19(4,23-7-3)18(21)20-16-12-13-17(22-6-2)15-11-9-8-10-14(15)16/h8-13H,5-7H2,1-4H3,(H,20,21). The van der Waals surface area contributed by atoms with Crippen molar-refractivity contribution in [3.63, 3.8) is 0 Å². The van der Waals surface area contributed by atoms with Crippen LogP contribution in [0, 0.1) is 0 Å². The highest BCUT2D eigenvalue weighted by Gasteiger charge is 2.32. The lowest BCUT2D eigenvalue weighted by molar-refractivity contribution is -0.139. The molecule has 1 amide bonds. The van der Waals surface area contributed by atoms with Gasteiger partial charge < -0.3 is 14.8 Å². The van der Waals surface area contributed by atoms with E-state index in [1.165, 1.54) is 0 Å². The van der Waals surface area contributed by atoms with E-state index < -0.39 is 5.60 Å². The fourth-order valence-corrected chi connectivity index (χ4v) is 2.56. The molecule has 0 saturated carbocycles. The highest BCUT2D eigenvalue weighted by Crippen LogP contribution is 2.32. The molecule has 0 aromatic heterocycles. The average Bonchev–Trinajstić information content (AvgIpc) is 2.57. The Hall–Kier alpha value is -2.07. The SMILES string of the molecule is CCOc1ccc(NC(=O)C(C)(CC)OCC)c2ccccc12. The molecule has 1 N–H and O–H groups in total. The maximum atomic E-state index is 12.6. The van der Waals surface area contributed by atoms with Crippen LogP contribution < -0.4 is 10.1 Å². The predicted molar refractivity (Wildman–Crippen MR) is 94.1 cm³/mol. The van der Waals surface area contributed by atoms with E-state index in [4.69, 9.17) is 9.47 Å². The Morgan fingerprint density at radius 2 is 1.74 bits per heavy atom. The Morgan fingerprint density at radius 3 is 2.35 bits per heavy atom. The summed E-state index contributed by atoms with van der Waals surface area (Å²) in [5, 5.41) is 4.96. The molecule has 1 atom stereocenters. The van der Waals surface area contributed by atoms with E-state index in [1.54, 1.807) is 0 Å². The van der Waals surface area contributed by atoms with Crippen molar-refractivity contribution in [2.24, 2.45) is 0 Å². The topological polar surface area (TPSA) is 47.6 Å². The van der Waals surface area contributed by atoms with Crippen LogP contribution in [0.15, 0.2) is 36.4 Å². The third-order valence-electron chi connectivity index (χ3n) is 4.05. The molecule has 1 unspecified atom stereocenters. The lowest BCUT2D eigenvalue weighted by Crippen LogP contribution is -2.42. The van der Waals surface area contributed by atoms with Crippen molar-refractivity contribution < 1.29 is 14.3 Å². The van der Waals surface area contributed by atoms with Crippen molar-refractivity contribution in [2.45, 2.75) is 39.7 Å². The molecule has 2 aromatic rings. The van der Waals surface area contributed by atoms with Gasteiger partial charge in [-0.2, -0.15) is 0 Å². The molecule has 0 aliphatic rings. The van der Waals surface area contributed by atoms with Crippen LogP contribution in [-0.4, -0.2) is 24.7 Å². The molecular weight excluding hydrogens is 290 g/mol. The van der Waals surface area contributed by atoms with Gasteiger partial charge in [0.05, 0.1) is 6.61 Å². The summed E-state index contributed by atoms with van der Waals surface area (Å²) in [7, 11) is 0. The van der Waals surface area contributed by atoms with E-state index in [2.05, 4.69) is 5.32 Å². The average molecular weight is 315 g/mol. The first-order valence-electron chi connectivity index (χ1n) is 8.15. The Bertz CT molecular complexity index is 683. The second-order valence-electron chi connectivity index (χ2n) is 5.56. The van der Waals surface area contributed by atoms with Gasteiger partial charge in [-0.3, -0.25) is 4.79 Å². The molecule has 0 saturated heterocycles. The minimum absolute atomic E-state index is 0.129. The van der Waals surface area contributed by atoms with Crippen molar-refractivity contribution in [1.82, 2.24) is 0 Å². The summed E-state index contributed by atoms with van der Waals surface area (Å²) in [6.07, 6.45) is 0.613. The van der Waals surface area contributed by atoms with Gasteiger partial charge in [0.25, 0.3) is 5.91 Å². The van der Waals surface area contributed by atoms with E-state index in [1.807, 2.05) is 64.1 Å². The molecule has 0 bridgehead atoms. The van der Waals surface area contributed by atoms with Crippen LogP contribution in [0.3, 0.4) is 0 Å². The molecule has 4 heteroatoms. The lowest BCUT2D eigenvalue weighted by atomic mass is 10.0. The van der Waals surface area contributed by atoms with Crippen molar-refractivity contribution in [3.05, 3.63) is 36.4 Å². The number of amides is 1. The number of carbonyl (C=O) groups is 1. The van der Waals surface area contributed by atoms with Gasteiger partial charge >= 0.3 is 0 Å². The third kappa shape index (κ3) is 3.64. The summed E-state index contributed by atoms with van der Waals surface area (Å²) in [5.74, 6) is 0.695. The minimum atomic E-state index is -0.825. The highest BCUT2D eigenvalue weighted by molar-refractivity contribution is 6.06. The molecule has 4 nitrogen and oxygen atoms in total.